The van der Waals surface area contributed by atoms with Crippen LogP contribution in [0.3, 0.4) is 0 Å². The van der Waals surface area contributed by atoms with Crippen molar-refractivity contribution in [3.8, 4) is 0 Å². The van der Waals surface area contributed by atoms with Crippen LogP contribution in [0.4, 0.5) is 0 Å². The minimum absolute atomic E-state index is 0.768. The van der Waals surface area contributed by atoms with Crippen molar-refractivity contribution in [1.29, 1.82) is 0 Å². The quantitative estimate of drug-likeness (QED) is 0.636. The van der Waals surface area contributed by atoms with E-state index in [9.17, 15) is 0 Å². The highest BCUT2D eigenvalue weighted by atomic mass is 28.3. The molecule has 0 aromatic rings. The number of rotatable bonds is 3. The Morgan fingerprint density at radius 1 is 1.46 bits per heavy atom. The van der Waals surface area contributed by atoms with Gasteiger partial charge in [-0.3, -0.25) is 4.90 Å². The number of piperazine rings is 1. The van der Waals surface area contributed by atoms with Crippen LogP contribution in [0.15, 0.2) is 0 Å². The molecular weight excluding hydrogens is 178 g/mol. The third kappa shape index (κ3) is 3.05. The predicted molar refractivity (Wildman–Crippen MR) is 60.6 cm³/mol. The van der Waals surface area contributed by atoms with Gasteiger partial charge in [0.25, 0.3) is 0 Å². The van der Waals surface area contributed by atoms with Gasteiger partial charge in [0.15, 0.2) is 0 Å². The Hall–Kier alpha value is 0.0969. The lowest BCUT2D eigenvalue weighted by Gasteiger charge is -2.42. The summed E-state index contributed by atoms with van der Waals surface area (Å²) >= 11 is 0. The van der Waals surface area contributed by atoms with E-state index in [-0.39, 0.29) is 0 Å². The zero-order valence-electron chi connectivity index (χ0n) is 9.14. The number of nitrogens with two attached hydrogens (primary N) is 1. The molecule has 0 radical (unpaired) electrons. The fourth-order valence-corrected chi connectivity index (χ4v) is 4.14. The van der Waals surface area contributed by atoms with E-state index in [1.54, 1.807) is 0 Å². The van der Waals surface area contributed by atoms with E-state index < -0.39 is 8.07 Å². The summed E-state index contributed by atoms with van der Waals surface area (Å²) in [5.74, 6) is 0. The van der Waals surface area contributed by atoms with Crippen LogP contribution in [0.25, 0.3) is 0 Å². The van der Waals surface area contributed by atoms with Crippen molar-refractivity contribution < 1.29 is 0 Å². The van der Waals surface area contributed by atoms with Gasteiger partial charge in [0.2, 0.25) is 0 Å². The summed E-state index contributed by atoms with van der Waals surface area (Å²) in [5.41, 5.74) is 6.39. The molecule has 0 aliphatic carbocycles. The Labute approximate surface area is 82.7 Å². The summed E-state index contributed by atoms with van der Waals surface area (Å²) in [7, 11) is -1.05. The Morgan fingerprint density at radius 2 is 2.15 bits per heavy atom. The lowest BCUT2D eigenvalue weighted by molar-refractivity contribution is 0.212. The van der Waals surface area contributed by atoms with Gasteiger partial charge in [0, 0.05) is 38.4 Å². The monoisotopic (exact) mass is 201 g/mol. The van der Waals surface area contributed by atoms with Crippen molar-refractivity contribution >= 4 is 8.07 Å². The molecule has 0 saturated carbocycles. The van der Waals surface area contributed by atoms with Gasteiger partial charge in [0.1, 0.15) is 0 Å². The Balaban J connectivity index is 2.56. The standard InChI is InChI=1S/C9H23N3Si/c1-13(2,3)9-8-11-5-7-12(9)6-4-10/h9,11H,4-8,10H2,1-3H3. The molecule has 1 heterocycles. The molecule has 0 bridgehead atoms. The lowest BCUT2D eigenvalue weighted by Crippen LogP contribution is -2.61. The molecule has 3 nitrogen and oxygen atoms in total. The molecule has 1 aliphatic rings. The molecule has 1 atom stereocenters. The molecule has 0 aromatic carbocycles. The van der Waals surface area contributed by atoms with Gasteiger partial charge >= 0.3 is 0 Å². The molecule has 0 amide bonds. The van der Waals surface area contributed by atoms with Crippen LogP contribution in [0.1, 0.15) is 0 Å². The van der Waals surface area contributed by atoms with Crippen molar-refractivity contribution in [2.45, 2.75) is 25.3 Å². The summed E-state index contributed by atoms with van der Waals surface area (Å²) in [6.45, 7) is 12.6. The van der Waals surface area contributed by atoms with E-state index in [4.69, 9.17) is 5.73 Å². The fraction of sp³-hybridized carbons (Fsp3) is 1.00. The first kappa shape index (κ1) is 11.2. The number of hydrogen-bond acceptors (Lipinski definition) is 3. The smallest absolute Gasteiger partial charge is 0.0654 e. The van der Waals surface area contributed by atoms with Crippen molar-refractivity contribution in [3.05, 3.63) is 0 Å². The molecule has 1 saturated heterocycles. The lowest BCUT2D eigenvalue weighted by atomic mass is 10.3. The maximum atomic E-state index is 5.62. The van der Waals surface area contributed by atoms with Crippen molar-refractivity contribution in [3.63, 3.8) is 0 Å². The predicted octanol–water partition coefficient (Wildman–Crippen LogP) is 0.0963. The van der Waals surface area contributed by atoms with Crippen LogP contribution >= 0.6 is 0 Å². The molecular formula is C9H23N3Si. The topological polar surface area (TPSA) is 41.3 Å². The summed E-state index contributed by atoms with van der Waals surface area (Å²) in [6, 6.07) is 0. The first-order valence-electron chi connectivity index (χ1n) is 5.20. The summed E-state index contributed by atoms with van der Waals surface area (Å²) < 4.78 is 0. The van der Waals surface area contributed by atoms with Crippen molar-refractivity contribution in [1.82, 2.24) is 10.2 Å². The Bertz CT molecular complexity index is 153. The summed E-state index contributed by atoms with van der Waals surface area (Å²) in [5, 5.41) is 3.48. The molecule has 4 heteroatoms. The van der Waals surface area contributed by atoms with Gasteiger partial charge in [-0.2, -0.15) is 0 Å². The first-order valence-corrected chi connectivity index (χ1v) is 8.78. The maximum absolute atomic E-state index is 5.62. The van der Waals surface area contributed by atoms with Gasteiger partial charge in [-0.25, -0.2) is 0 Å². The summed E-state index contributed by atoms with van der Waals surface area (Å²) in [4.78, 5) is 2.57. The second kappa shape index (κ2) is 4.55. The summed E-state index contributed by atoms with van der Waals surface area (Å²) in [6.07, 6.45) is 0. The average molecular weight is 201 g/mol. The van der Waals surface area contributed by atoms with Crippen molar-refractivity contribution in [2.75, 3.05) is 32.7 Å². The highest BCUT2D eigenvalue weighted by molar-refractivity contribution is 6.77. The normalized spacial score (nSPS) is 26.3. The van der Waals surface area contributed by atoms with Gasteiger partial charge in [-0.1, -0.05) is 19.6 Å². The molecule has 1 fully saturated rings. The van der Waals surface area contributed by atoms with Gasteiger partial charge in [-0.05, 0) is 0 Å². The molecule has 0 spiro atoms. The molecule has 1 unspecified atom stereocenters. The SMILES string of the molecule is C[Si](C)(C)C1CNCCN1CCN. The largest absolute Gasteiger partial charge is 0.329 e. The first-order chi connectivity index (χ1) is 6.05. The molecule has 78 valence electrons. The minimum atomic E-state index is -1.05. The molecule has 3 N–H and O–H groups in total. The van der Waals surface area contributed by atoms with E-state index in [1.807, 2.05) is 0 Å². The van der Waals surface area contributed by atoms with E-state index in [0.717, 1.165) is 31.8 Å². The van der Waals surface area contributed by atoms with Gasteiger partial charge in [0.05, 0.1) is 8.07 Å². The zero-order valence-corrected chi connectivity index (χ0v) is 10.1. The van der Waals surface area contributed by atoms with Crippen LogP contribution in [0.2, 0.25) is 19.6 Å². The van der Waals surface area contributed by atoms with E-state index >= 15 is 0 Å². The van der Waals surface area contributed by atoms with Crippen molar-refractivity contribution in [2.24, 2.45) is 5.73 Å². The fourth-order valence-electron chi connectivity index (χ4n) is 2.03. The number of hydrogen-bond donors (Lipinski definition) is 2. The zero-order chi connectivity index (χ0) is 9.90. The molecule has 13 heavy (non-hydrogen) atoms. The maximum Gasteiger partial charge on any atom is 0.0654 e. The van der Waals surface area contributed by atoms with Crippen LogP contribution in [0.5, 0.6) is 0 Å². The molecule has 0 aromatic heterocycles. The Morgan fingerprint density at radius 3 is 2.69 bits per heavy atom. The third-order valence-electron chi connectivity index (χ3n) is 2.77. The molecule has 1 aliphatic heterocycles. The highest BCUT2D eigenvalue weighted by Crippen LogP contribution is 2.15. The van der Waals surface area contributed by atoms with E-state index in [1.165, 1.54) is 6.54 Å². The van der Waals surface area contributed by atoms with E-state index in [2.05, 4.69) is 29.9 Å². The van der Waals surface area contributed by atoms with Crippen LogP contribution < -0.4 is 11.1 Å². The minimum Gasteiger partial charge on any atom is -0.329 e. The van der Waals surface area contributed by atoms with Crippen LogP contribution in [-0.2, 0) is 0 Å². The average Bonchev–Trinajstić information content (AvgIpc) is 2.04. The Kier molecular flexibility index (Phi) is 3.91. The van der Waals surface area contributed by atoms with Gasteiger partial charge < -0.3 is 11.1 Å². The molecule has 1 rings (SSSR count). The van der Waals surface area contributed by atoms with Gasteiger partial charge in [-0.15, -0.1) is 0 Å². The second-order valence-electron chi connectivity index (χ2n) is 4.91. The van der Waals surface area contributed by atoms with E-state index in [0.29, 0.717) is 0 Å². The number of nitrogens with one attached hydrogen (secondary N) is 1. The van der Waals surface area contributed by atoms with Crippen LogP contribution in [0, 0.1) is 0 Å². The number of nitrogens with zero attached hydrogens (tertiary/aromatic N) is 1. The third-order valence-corrected chi connectivity index (χ3v) is 5.34. The second-order valence-corrected chi connectivity index (χ2v) is 10.3. The van der Waals surface area contributed by atoms with Crippen LogP contribution in [-0.4, -0.2) is 51.4 Å². The highest BCUT2D eigenvalue weighted by Gasteiger charge is 2.32.